The average Bonchev–Trinajstić information content (AvgIpc) is 2.98. The fraction of sp³-hybridized carbons (Fsp3) is 0.267. The summed E-state index contributed by atoms with van der Waals surface area (Å²) in [6.45, 7) is 2.17. The van der Waals surface area contributed by atoms with E-state index in [2.05, 4.69) is 15.6 Å². The number of thiazole rings is 1. The maximum atomic E-state index is 12.2. The number of amides is 2. The maximum Gasteiger partial charge on any atom is 0.275 e. The minimum absolute atomic E-state index is 0. The molecule has 0 radical (unpaired) electrons. The predicted molar refractivity (Wildman–Crippen MR) is 95.2 cm³/mol. The smallest absolute Gasteiger partial charge is 0.275 e. The summed E-state index contributed by atoms with van der Waals surface area (Å²) in [4.78, 5) is 28.1. The van der Waals surface area contributed by atoms with Crippen molar-refractivity contribution in [2.45, 2.75) is 19.4 Å². The lowest BCUT2D eigenvalue weighted by Crippen LogP contribution is -2.34. The van der Waals surface area contributed by atoms with Gasteiger partial charge in [0.2, 0.25) is 0 Å². The number of nitrogens with zero attached hydrogens (tertiary/aromatic N) is 1. The van der Waals surface area contributed by atoms with Crippen molar-refractivity contribution >= 4 is 46.9 Å². The van der Waals surface area contributed by atoms with Gasteiger partial charge in [-0.15, -0.1) is 23.7 Å². The Kier molecular flexibility index (Phi) is 5.76. The molecule has 0 aliphatic carbocycles. The van der Waals surface area contributed by atoms with Crippen molar-refractivity contribution in [1.29, 1.82) is 0 Å². The molecule has 4 N–H and O–H groups in total. The Bertz CT molecular complexity index is 765. The molecule has 1 aliphatic heterocycles. The summed E-state index contributed by atoms with van der Waals surface area (Å²) in [5.74, 6) is 0.0572. The third-order valence-electron chi connectivity index (χ3n) is 3.31. The zero-order chi connectivity index (χ0) is 16.4. The Morgan fingerprint density at radius 1 is 1.50 bits per heavy atom. The number of carbonyl (C=O) groups is 2. The highest BCUT2D eigenvalue weighted by atomic mass is 35.5. The fourth-order valence-corrected chi connectivity index (χ4v) is 2.93. The van der Waals surface area contributed by atoms with Crippen molar-refractivity contribution in [3.05, 3.63) is 34.3 Å². The lowest BCUT2D eigenvalue weighted by Gasteiger charge is -2.23. The number of aromatic nitrogens is 1. The zero-order valence-corrected chi connectivity index (χ0v) is 14.5. The minimum Gasteiger partial charge on any atom is -0.479 e. The van der Waals surface area contributed by atoms with Crippen molar-refractivity contribution in [1.82, 2.24) is 4.98 Å². The van der Waals surface area contributed by atoms with E-state index in [1.165, 1.54) is 11.3 Å². The zero-order valence-electron chi connectivity index (χ0n) is 12.9. The van der Waals surface area contributed by atoms with Crippen molar-refractivity contribution in [3.63, 3.8) is 0 Å². The van der Waals surface area contributed by atoms with Crippen LogP contribution in [0.1, 0.15) is 22.4 Å². The van der Waals surface area contributed by atoms with Crippen molar-refractivity contribution in [3.8, 4) is 5.75 Å². The molecule has 2 amide bonds. The molecule has 24 heavy (non-hydrogen) atoms. The quantitative estimate of drug-likeness (QED) is 0.765. The van der Waals surface area contributed by atoms with E-state index in [4.69, 9.17) is 10.5 Å². The van der Waals surface area contributed by atoms with E-state index < -0.39 is 6.10 Å². The second kappa shape index (κ2) is 7.61. The van der Waals surface area contributed by atoms with Crippen LogP contribution >= 0.6 is 23.7 Å². The Hall–Kier alpha value is -2.16. The molecule has 2 aromatic rings. The van der Waals surface area contributed by atoms with E-state index in [1.54, 1.807) is 30.5 Å². The summed E-state index contributed by atoms with van der Waals surface area (Å²) in [5.41, 5.74) is 6.92. The van der Waals surface area contributed by atoms with Gasteiger partial charge in [-0.05, 0) is 31.7 Å². The molecule has 0 fully saturated rings. The number of rotatable bonds is 4. The number of fused-ring (bicyclic) bond motifs is 1. The van der Waals surface area contributed by atoms with Gasteiger partial charge in [-0.1, -0.05) is 0 Å². The highest BCUT2D eigenvalue weighted by molar-refractivity contribution is 7.09. The number of anilines is 2. The molecule has 7 nitrogen and oxygen atoms in total. The van der Waals surface area contributed by atoms with Crippen LogP contribution in [0.5, 0.6) is 5.75 Å². The van der Waals surface area contributed by atoms with Crippen LogP contribution in [0, 0.1) is 0 Å². The summed E-state index contributed by atoms with van der Waals surface area (Å²) >= 11 is 1.41. The first-order valence-electron chi connectivity index (χ1n) is 7.14. The van der Waals surface area contributed by atoms with Gasteiger partial charge in [0.15, 0.2) is 6.10 Å². The summed E-state index contributed by atoms with van der Waals surface area (Å²) in [7, 11) is 0. The van der Waals surface area contributed by atoms with Crippen LogP contribution in [0.25, 0.3) is 0 Å². The highest BCUT2D eigenvalue weighted by Crippen LogP contribution is 2.32. The van der Waals surface area contributed by atoms with Gasteiger partial charge in [-0.3, -0.25) is 9.59 Å². The van der Waals surface area contributed by atoms with Crippen molar-refractivity contribution in [2.75, 3.05) is 17.2 Å². The number of hydrogen-bond donors (Lipinski definition) is 3. The first kappa shape index (κ1) is 18.2. The minimum atomic E-state index is -0.529. The van der Waals surface area contributed by atoms with Crippen LogP contribution in [-0.4, -0.2) is 29.4 Å². The normalized spacial score (nSPS) is 15.6. The molecule has 0 saturated carbocycles. The molecule has 1 aliphatic rings. The van der Waals surface area contributed by atoms with Crippen molar-refractivity contribution in [2.24, 2.45) is 5.73 Å². The van der Waals surface area contributed by atoms with Crippen LogP contribution in [0.4, 0.5) is 11.4 Å². The second-order valence-corrected chi connectivity index (χ2v) is 6.02. The monoisotopic (exact) mass is 368 g/mol. The Balaban J connectivity index is 0.00000208. The van der Waals surface area contributed by atoms with Crippen LogP contribution in [-0.2, 0) is 11.2 Å². The first-order chi connectivity index (χ1) is 11.1. The number of halogens is 1. The molecule has 2 heterocycles. The number of ether oxygens (including phenoxy) is 1. The van der Waals surface area contributed by atoms with E-state index >= 15 is 0 Å². The Labute approximate surface area is 149 Å². The molecule has 1 atom stereocenters. The molecular formula is C15H17ClN4O3S. The van der Waals surface area contributed by atoms with Gasteiger partial charge >= 0.3 is 0 Å². The third kappa shape index (κ3) is 3.84. The molecule has 9 heteroatoms. The topological polar surface area (TPSA) is 106 Å². The van der Waals surface area contributed by atoms with Gasteiger partial charge in [0.1, 0.15) is 11.4 Å². The van der Waals surface area contributed by atoms with E-state index in [0.717, 1.165) is 5.01 Å². The summed E-state index contributed by atoms with van der Waals surface area (Å²) in [6.07, 6.45) is 0.122. The number of nitrogens with one attached hydrogen (secondary N) is 2. The number of benzene rings is 1. The first-order valence-corrected chi connectivity index (χ1v) is 8.02. The Morgan fingerprint density at radius 2 is 2.29 bits per heavy atom. The molecule has 1 aromatic carbocycles. The maximum absolute atomic E-state index is 12.2. The second-order valence-electron chi connectivity index (χ2n) is 5.08. The molecular weight excluding hydrogens is 352 g/mol. The van der Waals surface area contributed by atoms with Gasteiger partial charge in [0.05, 0.1) is 10.7 Å². The number of hydrogen-bond acceptors (Lipinski definition) is 6. The van der Waals surface area contributed by atoms with Crippen LogP contribution in [0.3, 0.4) is 0 Å². The number of carbonyl (C=O) groups excluding carboxylic acids is 2. The van der Waals surface area contributed by atoms with Crippen LogP contribution in [0.15, 0.2) is 23.6 Å². The summed E-state index contributed by atoms with van der Waals surface area (Å²) in [6, 6.07) is 5.08. The molecule has 1 aromatic heterocycles. The van der Waals surface area contributed by atoms with Gasteiger partial charge in [-0.25, -0.2) is 4.98 Å². The molecule has 0 bridgehead atoms. The summed E-state index contributed by atoms with van der Waals surface area (Å²) in [5, 5.41) is 8.03. The largest absolute Gasteiger partial charge is 0.479 e. The van der Waals surface area contributed by atoms with Gasteiger partial charge < -0.3 is 21.1 Å². The van der Waals surface area contributed by atoms with E-state index in [-0.39, 0.29) is 24.2 Å². The standard InChI is InChI=1S/C15H16N4O3S.ClH/c1-8-14(20)19-10-6-9(2-3-12(10)22-8)17-15(21)11-7-23-13(18-11)4-5-16;/h2-3,6-8H,4-5,16H2,1H3,(H,17,21)(H,19,20);1H. The van der Waals surface area contributed by atoms with E-state index in [1.807, 2.05) is 0 Å². The van der Waals surface area contributed by atoms with Crippen molar-refractivity contribution < 1.29 is 14.3 Å². The average molecular weight is 369 g/mol. The molecule has 3 rings (SSSR count). The Morgan fingerprint density at radius 3 is 3.04 bits per heavy atom. The van der Waals surface area contributed by atoms with Crippen LogP contribution in [0.2, 0.25) is 0 Å². The fourth-order valence-electron chi connectivity index (χ4n) is 2.14. The third-order valence-corrected chi connectivity index (χ3v) is 4.22. The lowest BCUT2D eigenvalue weighted by atomic mass is 10.2. The lowest BCUT2D eigenvalue weighted by molar-refractivity contribution is -0.122. The van der Waals surface area contributed by atoms with Crippen LogP contribution < -0.4 is 21.1 Å². The number of nitrogens with two attached hydrogens (primary N) is 1. The van der Waals surface area contributed by atoms with Gasteiger partial charge in [0.25, 0.3) is 11.8 Å². The molecule has 1 unspecified atom stereocenters. The van der Waals surface area contributed by atoms with E-state index in [0.29, 0.717) is 35.8 Å². The van der Waals surface area contributed by atoms with E-state index in [9.17, 15) is 9.59 Å². The van der Waals surface area contributed by atoms with Gasteiger partial charge in [0, 0.05) is 17.5 Å². The SMILES string of the molecule is CC1Oc2ccc(NC(=O)c3csc(CCN)n3)cc2NC1=O.Cl. The summed E-state index contributed by atoms with van der Waals surface area (Å²) < 4.78 is 5.47. The highest BCUT2D eigenvalue weighted by Gasteiger charge is 2.23. The molecule has 128 valence electrons. The molecule has 0 spiro atoms. The molecule has 0 saturated heterocycles. The van der Waals surface area contributed by atoms with Gasteiger partial charge in [-0.2, -0.15) is 0 Å². The predicted octanol–water partition coefficient (Wildman–Crippen LogP) is 2.04.